The predicted octanol–water partition coefficient (Wildman–Crippen LogP) is 2.91. The van der Waals surface area contributed by atoms with Crippen LogP contribution in [0.25, 0.3) is 0 Å². The molecule has 0 saturated heterocycles. The van der Waals surface area contributed by atoms with Crippen molar-refractivity contribution in [3.05, 3.63) is 23.1 Å². The summed E-state index contributed by atoms with van der Waals surface area (Å²) in [7, 11) is 0. The molecule has 0 aromatic heterocycles. The molecule has 0 amide bonds. The van der Waals surface area contributed by atoms with Crippen LogP contribution in [0, 0.1) is 0 Å². The molecular weight excluding hydrogens is 196 g/mol. The highest BCUT2D eigenvalue weighted by Gasteiger charge is 2.22. The summed E-state index contributed by atoms with van der Waals surface area (Å²) in [6.07, 6.45) is 7.21. The summed E-state index contributed by atoms with van der Waals surface area (Å²) in [5, 5.41) is 0. The van der Waals surface area contributed by atoms with Crippen LogP contribution < -0.4 is 0 Å². The Morgan fingerprint density at radius 3 is 2.78 bits per heavy atom. The fourth-order valence-electron chi connectivity index (χ4n) is 0.727. The Labute approximate surface area is 69.6 Å². The van der Waals surface area contributed by atoms with E-state index in [1.54, 1.807) is 0 Å². The molecule has 1 unspecified atom stereocenters. The van der Waals surface area contributed by atoms with Crippen LogP contribution in [0.3, 0.4) is 0 Å². The maximum atomic E-state index is 4.30. The number of rotatable bonds is 0. The molecule has 0 heterocycles. The number of hydrogen-bond acceptors (Lipinski definition) is 1. The standard InChI is InChI=1S/C7H9BrS/c1-7(8)5-3-2-4-6(7)9/h2-4,9H,5H2,1H3. The van der Waals surface area contributed by atoms with Crippen molar-refractivity contribution in [1.82, 2.24) is 0 Å². The summed E-state index contributed by atoms with van der Waals surface area (Å²) in [5.41, 5.74) is 0. The summed E-state index contributed by atoms with van der Waals surface area (Å²) >= 11 is 7.87. The summed E-state index contributed by atoms with van der Waals surface area (Å²) in [6.45, 7) is 2.12. The first-order valence-electron chi connectivity index (χ1n) is 2.88. The molecule has 1 rings (SSSR count). The van der Waals surface area contributed by atoms with E-state index in [4.69, 9.17) is 0 Å². The van der Waals surface area contributed by atoms with Crippen molar-refractivity contribution in [2.45, 2.75) is 17.7 Å². The Morgan fingerprint density at radius 2 is 2.44 bits per heavy atom. The van der Waals surface area contributed by atoms with E-state index in [2.05, 4.69) is 41.6 Å². The number of hydrogen-bond donors (Lipinski definition) is 1. The van der Waals surface area contributed by atoms with Gasteiger partial charge >= 0.3 is 0 Å². The van der Waals surface area contributed by atoms with Crippen molar-refractivity contribution in [2.75, 3.05) is 0 Å². The van der Waals surface area contributed by atoms with Crippen molar-refractivity contribution in [1.29, 1.82) is 0 Å². The van der Waals surface area contributed by atoms with Crippen LogP contribution in [0.1, 0.15) is 13.3 Å². The van der Waals surface area contributed by atoms with Gasteiger partial charge in [-0.15, -0.1) is 12.6 Å². The highest BCUT2D eigenvalue weighted by Crippen LogP contribution is 2.35. The lowest BCUT2D eigenvalue weighted by Gasteiger charge is -2.22. The highest BCUT2D eigenvalue weighted by atomic mass is 79.9. The fourth-order valence-corrected chi connectivity index (χ4v) is 1.22. The van der Waals surface area contributed by atoms with E-state index in [-0.39, 0.29) is 4.32 Å². The molecule has 1 aliphatic rings. The second-order valence-corrected chi connectivity index (χ2v) is 4.61. The van der Waals surface area contributed by atoms with E-state index < -0.39 is 0 Å². The van der Waals surface area contributed by atoms with E-state index in [0.29, 0.717) is 0 Å². The highest BCUT2D eigenvalue weighted by molar-refractivity contribution is 9.10. The average Bonchev–Trinajstić information content (AvgIpc) is 1.77. The number of halogens is 1. The molecule has 1 aliphatic carbocycles. The van der Waals surface area contributed by atoms with E-state index in [1.807, 2.05) is 12.2 Å². The minimum atomic E-state index is 0.0882. The topological polar surface area (TPSA) is 0 Å². The lowest BCUT2D eigenvalue weighted by molar-refractivity contribution is 0.804. The van der Waals surface area contributed by atoms with Crippen LogP contribution in [0.5, 0.6) is 0 Å². The summed E-state index contributed by atoms with van der Waals surface area (Å²) in [4.78, 5) is 1.10. The lowest BCUT2D eigenvalue weighted by atomic mass is 10.0. The van der Waals surface area contributed by atoms with Gasteiger partial charge in [-0.3, -0.25) is 0 Å². The average molecular weight is 205 g/mol. The van der Waals surface area contributed by atoms with Gasteiger partial charge in [-0.05, 0) is 18.2 Å². The smallest absolute Gasteiger partial charge is 0.0568 e. The molecule has 50 valence electrons. The third-order valence-corrected chi connectivity index (χ3v) is 3.13. The Kier molecular flexibility index (Phi) is 2.07. The van der Waals surface area contributed by atoms with Gasteiger partial charge in [0.1, 0.15) is 0 Å². The van der Waals surface area contributed by atoms with Crippen LogP contribution in [-0.4, -0.2) is 4.32 Å². The molecule has 0 aliphatic heterocycles. The van der Waals surface area contributed by atoms with Crippen molar-refractivity contribution in [2.24, 2.45) is 0 Å². The lowest BCUT2D eigenvalue weighted by Crippen LogP contribution is -2.16. The van der Waals surface area contributed by atoms with Gasteiger partial charge in [-0.2, -0.15) is 0 Å². The zero-order chi connectivity index (χ0) is 6.91. The maximum absolute atomic E-state index is 4.30. The molecule has 9 heavy (non-hydrogen) atoms. The first-order valence-corrected chi connectivity index (χ1v) is 4.12. The first kappa shape index (κ1) is 7.42. The van der Waals surface area contributed by atoms with Crippen LogP contribution >= 0.6 is 28.6 Å². The van der Waals surface area contributed by atoms with Crippen LogP contribution in [0.15, 0.2) is 23.1 Å². The SMILES string of the molecule is CC1(Br)CC=CC=C1S. The monoisotopic (exact) mass is 204 g/mol. The Hall–Kier alpha value is 0.310. The third-order valence-electron chi connectivity index (χ3n) is 1.43. The maximum Gasteiger partial charge on any atom is 0.0568 e. The van der Waals surface area contributed by atoms with Gasteiger partial charge in [0.05, 0.1) is 4.32 Å². The van der Waals surface area contributed by atoms with Crippen molar-refractivity contribution >= 4 is 28.6 Å². The zero-order valence-corrected chi connectivity index (χ0v) is 7.74. The van der Waals surface area contributed by atoms with Crippen molar-refractivity contribution < 1.29 is 0 Å². The van der Waals surface area contributed by atoms with Gasteiger partial charge in [0.25, 0.3) is 0 Å². The zero-order valence-electron chi connectivity index (χ0n) is 5.26. The van der Waals surface area contributed by atoms with Gasteiger partial charge < -0.3 is 0 Å². The van der Waals surface area contributed by atoms with Gasteiger partial charge in [0.2, 0.25) is 0 Å². The van der Waals surface area contributed by atoms with Gasteiger partial charge in [-0.25, -0.2) is 0 Å². The van der Waals surface area contributed by atoms with Crippen LogP contribution in [-0.2, 0) is 0 Å². The first-order chi connectivity index (χ1) is 4.13. The molecule has 0 aromatic rings. The second kappa shape index (κ2) is 2.51. The molecule has 0 aromatic carbocycles. The van der Waals surface area contributed by atoms with E-state index in [1.165, 1.54) is 0 Å². The molecule has 0 N–H and O–H groups in total. The van der Waals surface area contributed by atoms with Crippen LogP contribution in [0.2, 0.25) is 0 Å². The molecular formula is C7H9BrS. The third kappa shape index (κ3) is 1.62. The van der Waals surface area contributed by atoms with E-state index in [9.17, 15) is 0 Å². The molecule has 0 saturated carbocycles. The number of allylic oxidation sites excluding steroid dienone is 4. The van der Waals surface area contributed by atoms with E-state index in [0.717, 1.165) is 11.3 Å². The van der Waals surface area contributed by atoms with Gasteiger partial charge in [-0.1, -0.05) is 34.2 Å². The largest absolute Gasteiger partial charge is 0.146 e. The molecule has 1 atom stereocenters. The van der Waals surface area contributed by atoms with Crippen molar-refractivity contribution in [3.8, 4) is 0 Å². The minimum Gasteiger partial charge on any atom is -0.146 e. The normalized spacial score (nSPS) is 34.3. The van der Waals surface area contributed by atoms with Crippen LogP contribution in [0.4, 0.5) is 0 Å². The molecule has 0 bridgehead atoms. The van der Waals surface area contributed by atoms with Gasteiger partial charge in [0, 0.05) is 0 Å². The molecule has 2 heteroatoms. The quantitative estimate of drug-likeness (QED) is 0.456. The minimum absolute atomic E-state index is 0.0882. The fraction of sp³-hybridized carbons (Fsp3) is 0.429. The summed E-state index contributed by atoms with van der Waals surface area (Å²) < 4.78 is 0.0882. The molecule has 0 fully saturated rings. The van der Waals surface area contributed by atoms with E-state index >= 15 is 0 Å². The summed E-state index contributed by atoms with van der Waals surface area (Å²) in [6, 6.07) is 0. The van der Waals surface area contributed by atoms with Crippen molar-refractivity contribution in [3.63, 3.8) is 0 Å². The molecule has 0 spiro atoms. The second-order valence-electron chi connectivity index (χ2n) is 2.38. The Morgan fingerprint density at radius 1 is 1.78 bits per heavy atom. The molecule has 0 radical (unpaired) electrons. The summed E-state index contributed by atoms with van der Waals surface area (Å²) in [5.74, 6) is 0. The Bertz CT molecular complexity index is 168. The molecule has 0 nitrogen and oxygen atoms in total. The number of alkyl halides is 1. The van der Waals surface area contributed by atoms with Gasteiger partial charge in [0.15, 0.2) is 0 Å². The predicted molar refractivity (Wildman–Crippen MR) is 48.2 cm³/mol. The number of thiol groups is 1. The Balaban J connectivity index is 2.83.